The zero-order valence-corrected chi connectivity index (χ0v) is 7.97. The van der Waals surface area contributed by atoms with Gasteiger partial charge >= 0.3 is 0 Å². The van der Waals surface area contributed by atoms with Gasteiger partial charge in [-0.15, -0.1) is 12.4 Å². The molecule has 0 aliphatic rings. The fraction of sp³-hybridized carbons (Fsp3) is 0.375. The van der Waals surface area contributed by atoms with Crippen molar-refractivity contribution in [3.05, 3.63) is 28.7 Å². The van der Waals surface area contributed by atoms with Crippen LogP contribution in [0.5, 0.6) is 0 Å². The van der Waals surface area contributed by atoms with E-state index in [4.69, 9.17) is 5.73 Å². The van der Waals surface area contributed by atoms with Crippen molar-refractivity contribution < 1.29 is 0 Å². The molecule has 0 aromatic carbocycles. The molecule has 1 aromatic rings. The molecule has 0 unspecified atom stereocenters. The first kappa shape index (κ1) is 11.0. The van der Waals surface area contributed by atoms with Gasteiger partial charge in [0.1, 0.15) is 0 Å². The minimum Gasteiger partial charge on any atom is -0.399 e. The largest absolute Gasteiger partial charge is 0.399 e. The Morgan fingerprint density at radius 1 is 1.50 bits per heavy atom. The zero-order valence-electron chi connectivity index (χ0n) is 7.15. The van der Waals surface area contributed by atoms with E-state index in [-0.39, 0.29) is 24.0 Å². The molecule has 0 fully saturated rings. The molecule has 0 aliphatic carbocycles. The molecule has 0 bridgehead atoms. The van der Waals surface area contributed by atoms with E-state index in [9.17, 15) is 4.79 Å². The average molecular weight is 189 g/mol. The molecule has 4 heteroatoms. The van der Waals surface area contributed by atoms with Crippen LogP contribution in [0.15, 0.2) is 23.1 Å². The molecular formula is C8H13ClN2O. The van der Waals surface area contributed by atoms with Gasteiger partial charge in [-0.3, -0.25) is 4.79 Å². The highest BCUT2D eigenvalue weighted by Gasteiger charge is 1.98. The van der Waals surface area contributed by atoms with Crippen LogP contribution in [0.3, 0.4) is 0 Å². The summed E-state index contributed by atoms with van der Waals surface area (Å²) in [7, 11) is 0. The number of aromatic nitrogens is 1. The van der Waals surface area contributed by atoms with Gasteiger partial charge in [-0.25, -0.2) is 0 Å². The van der Waals surface area contributed by atoms with Crippen LogP contribution >= 0.6 is 12.4 Å². The van der Waals surface area contributed by atoms with Gasteiger partial charge in [0, 0.05) is 24.0 Å². The van der Waals surface area contributed by atoms with Crippen LogP contribution in [-0.2, 0) is 0 Å². The molecule has 0 saturated heterocycles. The molecule has 0 radical (unpaired) electrons. The molecule has 0 spiro atoms. The fourth-order valence-electron chi connectivity index (χ4n) is 0.932. The first-order valence-electron chi connectivity index (χ1n) is 3.59. The normalized spacial score (nSPS) is 9.58. The number of nitrogens with two attached hydrogens (primary N) is 1. The summed E-state index contributed by atoms with van der Waals surface area (Å²) in [5.41, 5.74) is 5.89. The number of hydrogen-bond donors (Lipinski definition) is 1. The third-order valence-corrected chi connectivity index (χ3v) is 1.53. The Kier molecular flexibility index (Phi) is 3.83. The van der Waals surface area contributed by atoms with E-state index in [1.807, 2.05) is 13.8 Å². The van der Waals surface area contributed by atoms with Crippen molar-refractivity contribution in [1.29, 1.82) is 0 Å². The Balaban J connectivity index is 0.00000121. The van der Waals surface area contributed by atoms with Gasteiger partial charge in [-0.2, -0.15) is 0 Å². The van der Waals surface area contributed by atoms with Gasteiger partial charge in [-0.05, 0) is 19.9 Å². The van der Waals surface area contributed by atoms with E-state index < -0.39 is 0 Å². The Morgan fingerprint density at radius 2 is 2.08 bits per heavy atom. The van der Waals surface area contributed by atoms with Crippen molar-refractivity contribution in [2.24, 2.45) is 0 Å². The summed E-state index contributed by atoms with van der Waals surface area (Å²) in [4.78, 5) is 11.2. The van der Waals surface area contributed by atoms with Crippen molar-refractivity contribution >= 4 is 18.1 Å². The number of nitrogens with zero attached hydrogens (tertiary/aromatic N) is 1. The second-order valence-corrected chi connectivity index (χ2v) is 2.80. The quantitative estimate of drug-likeness (QED) is 0.725. The Morgan fingerprint density at radius 3 is 2.50 bits per heavy atom. The van der Waals surface area contributed by atoms with E-state index in [0.717, 1.165) is 0 Å². The third kappa shape index (κ3) is 2.27. The highest BCUT2D eigenvalue weighted by Crippen LogP contribution is 2.01. The monoisotopic (exact) mass is 188 g/mol. The van der Waals surface area contributed by atoms with E-state index in [0.29, 0.717) is 5.69 Å². The Hall–Kier alpha value is -0.960. The summed E-state index contributed by atoms with van der Waals surface area (Å²) in [6, 6.07) is 3.35. The lowest BCUT2D eigenvalue weighted by Gasteiger charge is -2.08. The molecule has 3 nitrogen and oxygen atoms in total. The van der Waals surface area contributed by atoms with Crippen LogP contribution in [0.1, 0.15) is 19.9 Å². The van der Waals surface area contributed by atoms with Gasteiger partial charge in [0.25, 0.3) is 5.56 Å². The molecule has 12 heavy (non-hydrogen) atoms. The predicted octanol–water partition coefficient (Wildman–Crippen LogP) is 1.43. The van der Waals surface area contributed by atoms with Gasteiger partial charge in [0.05, 0.1) is 0 Å². The van der Waals surface area contributed by atoms with Crippen molar-refractivity contribution in [2.45, 2.75) is 19.9 Å². The van der Waals surface area contributed by atoms with Crippen LogP contribution in [0.25, 0.3) is 0 Å². The molecular weight excluding hydrogens is 176 g/mol. The van der Waals surface area contributed by atoms with Crippen LogP contribution in [0.2, 0.25) is 0 Å². The van der Waals surface area contributed by atoms with Crippen LogP contribution in [0.4, 0.5) is 5.69 Å². The average Bonchev–Trinajstić information content (AvgIpc) is 1.85. The highest BCUT2D eigenvalue weighted by atomic mass is 35.5. The number of anilines is 1. The number of pyridine rings is 1. The molecule has 0 atom stereocenters. The number of hydrogen-bond acceptors (Lipinski definition) is 2. The summed E-state index contributed by atoms with van der Waals surface area (Å²) in [6.45, 7) is 3.91. The third-order valence-electron chi connectivity index (χ3n) is 1.53. The van der Waals surface area contributed by atoms with Crippen molar-refractivity contribution in [3.63, 3.8) is 0 Å². The van der Waals surface area contributed by atoms with Gasteiger partial charge in [0.15, 0.2) is 0 Å². The van der Waals surface area contributed by atoms with Gasteiger partial charge < -0.3 is 10.3 Å². The maximum absolute atomic E-state index is 11.2. The lowest BCUT2D eigenvalue weighted by Crippen LogP contribution is -2.20. The van der Waals surface area contributed by atoms with Gasteiger partial charge in [-0.1, -0.05) is 0 Å². The number of halogens is 1. The maximum Gasteiger partial charge on any atom is 0.252 e. The minimum absolute atomic E-state index is 0. The highest BCUT2D eigenvalue weighted by molar-refractivity contribution is 5.85. The molecule has 1 rings (SSSR count). The van der Waals surface area contributed by atoms with Crippen LogP contribution < -0.4 is 11.3 Å². The number of rotatable bonds is 1. The first-order chi connectivity index (χ1) is 5.11. The minimum atomic E-state index is -0.0417. The van der Waals surface area contributed by atoms with Gasteiger partial charge in [0.2, 0.25) is 0 Å². The summed E-state index contributed by atoms with van der Waals surface area (Å²) in [5.74, 6) is 0. The van der Waals surface area contributed by atoms with E-state index >= 15 is 0 Å². The second kappa shape index (κ2) is 4.16. The number of nitrogen functional groups attached to an aromatic ring is 1. The standard InChI is InChI=1S/C8H12N2O.ClH/c1-6(2)10-4-3-7(9)5-8(10)11;/h3-6H,9H2,1-2H3;1H. The topological polar surface area (TPSA) is 48.0 Å². The molecule has 0 aliphatic heterocycles. The predicted molar refractivity (Wildman–Crippen MR) is 52.7 cm³/mol. The molecule has 2 N–H and O–H groups in total. The van der Waals surface area contributed by atoms with E-state index in [1.165, 1.54) is 6.07 Å². The van der Waals surface area contributed by atoms with Crippen LogP contribution in [-0.4, -0.2) is 4.57 Å². The summed E-state index contributed by atoms with van der Waals surface area (Å²) in [5, 5.41) is 0. The summed E-state index contributed by atoms with van der Waals surface area (Å²) >= 11 is 0. The fourth-order valence-corrected chi connectivity index (χ4v) is 0.932. The van der Waals surface area contributed by atoms with Crippen LogP contribution in [0, 0.1) is 0 Å². The second-order valence-electron chi connectivity index (χ2n) is 2.80. The molecule has 1 aromatic heterocycles. The summed E-state index contributed by atoms with van der Waals surface area (Å²) < 4.78 is 1.64. The Labute approximate surface area is 77.6 Å². The smallest absolute Gasteiger partial charge is 0.252 e. The lowest BCUT2D eigenvalue weighted by atomic mass is 10.3. The van der Waals surface area contributed by atoms with E-state index in [1.54, 1.807) is 16.8 Å². The molecule has 0 amide bonds. The van der Waals surface area contributed by atoms with Crippen molar-refractivity contribution in [3.8, 4) is 0 Å². The maximum atomic E-state index is 11.2. The lowest BCUT2D eigenvalue weighted by molar-refractivity contribution is 0.579. The molecule has 68 valence electrons. The zero-order chi connectivity index (χ0) is 8.43. The SMILES string of the molecule is CC(C)n1ccc(N)cc1=O.Cl. The Bertz CT molecular complexity index is 306. The summed E-state index contributed by atoms with van der Waals surface area (Å²) in [6.07, 6.45) is 1.71. The van der Waals surface area contributed by atoms with E-state index in [2.05, 4.69) is 0 Å². The first-order valence-corrected chi connectivity index (χ1v) is 3.59. The molecule has 1 heterocycles. The molecule has 0 saturated carbocycles. The van der Waals surface area contributed by atoms with Crippen molar-refractivity contribution in [2.75, 3.05) is 5.73 Å². The van der Waals surface area contributed by atoms with Crippen molar-refractivity contribution in [1.82, 2.24) is 4.57 Å².